The standard InChI is InChI=1S/C14H26N4/c1-10(2)18-7-6-12(8-15-4)14(18)13-9-16-17(5)11(13)3/h9-10,12,14-15H,6-8H2,1-5H3. The summed E-state index contributed by atoms with van der Waals surface area (Å²) in [7, 11) is 4.08. The molecule has 1 saturated heterocycles. The highest BCUT2D eigenvalue weighted by atomic mass is 15.3. The van der Waals surface area contributed by atoms with Gasteiger partial charge in [0, 0.05) is 30.4 Å². The van der Waals surface area contributed by atoms with E-state index < -0.39 is 0 Å². The summed E-state index contributed by atoms with van der Waals surface area (Å²) in [5.74, 6) is 0.695. The molecule has 2 atom stereocenters. The van der Waals surface area contributed by atoms with Crippen LogP contribution >= 0.6 is 0 Å². The van der Waals surface area contributed by atoms with Gasteiger partial charge in [-0.05, 0) is 53.2 Å². The Hall–Kier alpha value is -0.870. The number of likely N-dealkylation sites (tertiary alicyclic amines) is 1. The number of nitrogens with zero attached hydrogens (tertiary/aromatic N) is 3. The lowest BCUT2D eigenvalue weighted by atomic mass is 9.93. The topological polar surface area (TPSA) is 33.1 Å². The number of hydrogen-bond donors (Lipinski definition) is 1. The first kappa shape index (κ1) is 13.6. The van der Waals surface area contributed by atoms with E-state index in [1.54, 1.807) is 0 Å². The lowest BCUT2D eigenvalue weighted by Gasteiger charge is -2.31. The monoisotopic (exact) mass is 250 g/mol. The van der Waals surface area contributed by atoms with Crippen LogP contribution in [0.15, 0.2) is 6.20 Å². The van der Waals surface area contributed by atoms with Crippen LogP contribution in [-0.2, 0) is 7.05 Å². The van der Waals surface area contributed by atoms with Gasteiger partial charge in [-0.15, -0.1) is 0 Å². The van der Waals surface area contributed by atoms with Crippen LogP contribution in [0.2, 0.25) is 0 Å². The second-order valence-corrected chi connectivity index (χ2v) is 5.69. The Bertz CT molecular complexity index is 396. The Kier molecular flexibility index (Phi) is 4.07. The van der Waals surface area contributed by atoms with Crippen LogP contribution in [0, 0.1) is 12.8 Å². The minimum atomic E-state index is 0.520. The van der Waals surface area contributed by atoms with Gasteiger partial charge >= 0.3 is 0 Å². The first-order valence-electron chi connectivity index (χ1n) is 6.95. The summed E-state index contributed by atoms with van der Waals surface area (Å²) in [6.07, 6.45) is 3.33. The van der Waals surface area contributed by atoms with Gasteiger partial charge in [0.05, 0.1) is 6.20 Å². The maximum absolute atomic E-state index is 4.42. The van der Waals surface area contributed by atoms with Crippen molar-refractivity contribution in [2.45, 2.75) is 39.3 Å². The predicted molar refractivity (Wildman–Crippen MR) is 74.6 cm³/mol. The zero-order valence-corrected chi connectivity index (χ0v) is 12.3. The Morgan fingerprint density at radius 3 is 2.72 bits per heavy atom. The van der Waals surface area contributed by atoms with Crippen molar-refractivity contribution >= 4 is 0 Å². The molecule has 0 saturated carbocycles. The summed E-state index contributed by atoms with van der Waals surface area (Å²) in [5, 5.41) is 7.76. The lowest BCUT2D eigenvalue weighted by Crippen LogP contribution is -2.34. The van der Waals surface area contributed by atoms with Crippen molar-refractivity contribution in [3.63, 3.8) is 0 Å². The van der Waals surface area contributed by atoms with Crippen LogP contribution in [0.5, 0.6) is 0 Å². The highest BCUT2D eigenvalue weighted by Crippen LogP contribution is 2.39. The van der Waals surface area contributed by atoms with Gasteiger partial charge in [0.2, 0.25) is 0 Å². The van der Waals surface area contributed by atoms with Crippen molar-refractivity contribution in [2.24, 2.45) is 13.0 Å². The van der Waals surface area contributed by atoms with Crippen molar-refractivity contribution in [1.82, 2.24) is 20.0 Å². The molecule has 1 fully saturated rings. The molecular weight excluding hydrogens is 224 g/mol. The molecule has 1 aromatic heterocycles. The molecular formula is C14H26N4. The van der Waals surface area contributed by atoms with Gasteiger partial charge < -0.3 is 5.32 Å². The van der Waals surface area contributed by atoms with Crippen molar-refractivity contribution in [2.75, 3.05) is 20.1 Å². The summed E-state index contributed by atoms with van der Waals surface area (Å²) in [6.45, 7) is 9.04. The number of nitrogens with one attached hydrogen (secondary N) is 1. The van der Waals surface area contributed by atoms with Crippen molar-refractivity contribution < 1.29 is 0 Å². The van der Waals surface area contributed by atoms with E-state index in [9.17, 15) is 0 Å². The van der Waals surface area contributed by atoms with E-state index in [4.69, 9.17) is 0 Å². The summed E-state index contributed by atoms with van der Waals surface area (Å²) in [6, 6.07) is 1.11. The molecule has 1 N–H and O–H groups in total. The zero-order chi connectivity index (χ0) is 13.3. The second-order valence-electron chi connectivity index (χ2n) is 5.69. The van der Waals surface area contributed by atoms with Crippen molar-refractivity contribution in [1.29, 1.82) is 0 Å². The van der Waals surface area contributed by atoms with Crippen LogP contribution in [0.25, 0.3) is 0 Å². The van der Waals surface area contributed by atoms with E-state index in [-0.39, 0.29) is 0 Å². The minimum Gasteiger partial charge on any atom is -0.319 e. The molecule has 0 radical (unpaired) electrons. The number of hydrogen-bond acceptors (Lipinski definition) is 3. The highest BCUT2D eigenvalue weighted by molar-refractivity contribution is 5.23. The average Bonchev–Trinajstić information content (AvgIpc) is 2.86. The minimum absolute atomic E-state index is 0.520. The fraction of sp³-hybridized carbons (Fsp3) is 0.786. The third-order valence-electron chi connectivity index (χ3n) is 4.28. The fourth-order valence-corrected chi connectivity index (χ4v) is 3.18. The molecule has 0 bridgehead atoms. The predicted octanol–water partition coefficient (Wildman–Crippen LogP) is 1.72. The van der Waals surface area contributed by atoms with E-state index in [0.29, 0.717) is 18.0 Å². The molecule has 0 aromatic carbocycles. The zero-order valence-electron chi connectivity index (χ0n) is 12.3. The molecule has 1 aliphatic rings. The van der Waals surface area contributed by atoms with Gasteiger partial charge in [-0.3, -0.25) is 9.58 Å². The van der Waals surface area contributed by atoms with E-state index >= 15 is 0 Å². The quantitative estimate of drug-likeness (QED) is 0.883. The molecule has 0 aliphatic carbocycles. The molecule has 2 heterocycles. The van der Waals surface area contributed by atoms with Gasteiger partial charge in [0.1, 0.15) is 0 Å². The largest absolute Gasteiger partial charge is 0.319 e. The number of rotatable bonds is 4. The molecule has 4 nitrogen and oxygen atoms in total. The van der Waals surface area contributed by atoms with Gasteiger partial charge in [0.15, 0.2) is 0 Å². The van der Waals surface area contributed by atoms with Gasteiger partial charge in [0.25, 0.3) is 0 Å². The van der Waals surface area contributed by atoms with Crippen LogP contribution < -0.4 is 5.32 Å². The van der Waals surface area contributed by atoms with Gasteiger partial charge in [-0.2, -0.15) is 5.10 Å². The fourth-order valence-electron chi connectivity index (χ4n) is 3.18. The SMILES string of the molecule is CNCC1CCN(C(C)C)C1c1cnn(C)c1C. The van der Waals surface area contributed by atoms with Crippen LogP contribution in [0.1, 0.15) is 37.6 Å². The molecule has 2 rings (SSSR count). The highest BCUT2D eigenvalue weighted by Gasteiger charge is 2.37. The Balaban J connectivity index is 2.31. The van der Waals surface area contributed by atoms with Crippen LogP contribution in [0.3, 0.4) is 0 Å². The average molecular weight is 250 g/mol. The molecule has 1 aromatic rings. The third-order valence-corrected chi connectivity index (χ3v) is 4.28. The van der Waals surface area contributed by atoms with E-state index in [1.807, 2.05) is 18.8 Å². The van der Waals surface area contributed by atoms with E-state index in [2.05, 4.69) is 42.3 Å². The Morgan fingerprint density at radius 1 is 1.50 bits per heavy atom. The molecule has 18 heavy (non-hydrogen) atoms. The molecule has 4 heteroatoms. The lowest BCUT2D eigenvalue weighted by molar-refractivity contribution is 0.182. The van der Waals surface area contributed by atoms with E-state index in [0.717, 1.165) is 6.54 Å². The first-order valence-corrected chi connectivity index (χ1v) is 6.95. The van der Waals surface area contributed by atoms with E-state index in [1.165, 1.54) is 24.2 Å². The molecule has 1 aliphatic heterocycles. The number of aromatic nitrogens is 2. The summed E-state index contributed by atoms with van der Waals surface area (Å²) in [4.78, 5) is 2.62. The van der Waals surface area contributed by atoms with Crippen LogP contribution in [0.4, 0.5) is 0 Å². The second kappa shape index (κ2) is 5.41. The maximum atomic E-state index is 4.42. The molecule has 0 spiro atoms. The van der Waals surface area contributed by atoms with Crippen LogP contribution in [-0.4, -0.2) is 40.9 Å². The summed E-state index contributed by atoms with van der Waals surface area (Å²) < 4.78 is 1.99. The Morgan fingerprint density at radius 2 is 2.22 bits per heavy atom. The molecule has 2 unspecified atom stereocenters. The van der Waals surface area contributed by atoms with Crippen molar-refractivity contribution in [3.05, 3.63) is 17.5 Å². The molecule has 0 amide bonds. The Labute approximate surface area is 110 Å². The smallest absolute Gasteiger partial charge is 0.0540 e. The van der Waals surface area contributed by atoms with Gasteiger partial charge in [-0.25, -0.2) is 0 Å². The first-order chi connectivity index (χ1) is 8.56. The summed E-state index contributed by atoms with van der Waals surface area (Å²) in [5.41, 5.74) is 2.71. The maximum Gasteiger partial charge on any atom is 0.0540 e. The van der Waals surface area contributed by atoms with Gasteiger partial charge in [-0.1, -0.05) is 0 Å². The number of aryl methyl sites for hydroxylation is 1. The third kappa shape index (κ3) is 2.31. The summed E-state index contributed by atoms with van der Waals surface area (Å²) >= 11 is 0. The van der Waals surface area contributed by atoms with Crippen molar-refractivity contribution in [3.8, 4) is 0 Å². The molecule has 102 valence electrons. The normalized spacial score (nSPS) is 25.2.